The summed E-state index contributed by atoms with van der Waals surface area (Å²) in [5.41, 5.74) is 1.65. The molecule has 5 nitrogen and oxygen atoms in total. The first-order valence-corrected chi connectivity index (χ1v) is 9.58. The number of carbonyl (C=O) groups excluding carboxylic acids is 1. The summed E-state index contributed by atoms with van der Waals surface area (Å²) in [6.45, 7) is 1.44. The van der Waals surface area contributed by atoms with E-state index in [9.17, 15) is 13.2 Å². The van der Waals surface area contributed by atoms with Crippen molar-refractivity contribution in [2.45, 2.75) is 6.92 Å². The van der Waals surface area contributed by atoms with Crippen molar-refractivity contribution in [3.8, 4) is 0 Å². The molecule has 2 aromatic rings. The van der Waals surface area contributed by atoms with Crippen LogP contribution in [0, 0.1) is 6.92 Å². The topological polar surface area (TPSA) is 66.5 Å². The van der Waals surface area contributed by atoms with E-state index in [-0.39, 0.29) is 15.7 Å². The zero-order valence-corrected chi connectivity index (χ0v) is 15.4. The van der Waals surface area contributed by atoms with Gasteiger partial charge in [-0.3, -0.25) is 9.10 Å². The summed E-state index contributed by atoms with van der Waals surface area (Å²) in [7, 11) is -3.73. The van der Waals surface area contributed by atoms with Crippen molar-refractivity contribution in [3.05, 3.63) is 58.1 Å². The van der Waals surface area contributed by atoms with Gasteiger partial charge in [0, 0.05) is 5.69 Å². The van der Waals surface area contributed by atoms with Crippen molar-refractivity contribution < 1.29 is 13.2 Å². The molecule has 0 aromatic heterocycles. The van der Waals surface area contributed by atoms with E-state index < -0.39 is 22.5 Å². The van der Waals surface area contributed by atoms with Gasteiger partial charge in [-0.15, -0.1) is 0 Å². The van der Waals surface area contributed by atoms with Crippen LogP contribution in [0.3, 0.4) is 0 Å². The van der Waals surface area contributed by atoms with Crippen LogP contribution in [0.25, 0.3) is 0 Å². The molecule has 24 heavy (non-hydrogen) atoms. The second-order valence-corrected chi connectivity index (χ2v) is 7.90. The standard InChI is InChI=1S/C16H16Cl2N2O3S/c1-11-6-3-4-8-13(11)19-15(21)10-20(24(2,22)23)14-9-5-7-12(17)16(14)18/h3-9H,10H2,1-2H3,(H,19,21). The lowest BCUT2D eigenvalue weighted by atomic mass is 10.2. The van der Waals surface area contributed by atoms with E-state index in [1.165, 1.54) is 6.07 Å². The molecule has 0 heterocycles. The summed E-state index contributed by atoms with van der Waals surface area (Å²) in [5, 5.41) is 2.98. The Balaban J connectivity index is 2.29. The van der Waals surface area contributed by atoms with Gasteiger partial charge in [-0.2, -0.15) is 0 Å². The van der Waals surface area contributed by atoms with Gasteiger partial charge in [-0.05, 0) is 30.7 Å². The molecule has 0 aliphatic rings. The minimum Gasteiger partial charge on any atom is -0.324 e. The molecule has 1 amide bonds. The Kier molecular flexibility index (Phi) is 5.74. The number of hydrogen-bond acceptors (Lipinski definition) is 3. The maximum Gasteiger partial charge on any atom is 0.245 e. The predicted octanol–water partition coefficient (Wildman–Crippen LogP) is 3.71. The van der Waals surface area contributed by atoms with Gasteiger partial charge in [0.2, 0.25) is 15.9 Å². The molecule has 0 aliphatic carbocycles. The third-order valence-electron chi connectivity index (χ3n) is 3.31. The average molecular weight is 387 g/mol. The number of aryl methyl sites for hydroxylation is 1. The van der Waals surface area contributed by atoms with Crippen molar-refractivity contribution in [1.82, 2.24) is 0 Å². The fourth-order valence-electron chi connectivity index (χ4n) is 2.10. The van der Waals surface area contributed by atoms with Gasteiger partial charge in [0.1, 0.15) is 6.54 Å². The van der Waals surface area contributed by atoms with Gasteiger partial charge in [0.15, 0.2) is 0 Å². The summed E-state index contributed by atoms with van der Waals surface area (Å²) in [4.78, 5) is 12.3. The van der Waals surface area contributed by atoms with Gasteiger partial charge in [-0.1, -0.05) is 47.5 Å². The summed E-state index contributed by atoms with van der Waals surface area (Å²) < 4.78 is 25.1. The highest BCUT2D eigenvalue weighted by atomic mass is 35.5. The van der Waals surface area contributed by atoms with Crippen LogP contribution in [0.1, 0.15) is 5.56 Å². The van der Waals surface area contributed by atoms with E-state index >= 15 is 0 Å². The van der Waals surface area contributed by atoms with E-state index in [2.05, 4.69) is 5.32 Å². The molecule has 0 spiro atoms. The lowest BCUT2D eigenvalue weighted by Crippen LogP contribution is -2.37. The van der Waals surface area contributed by atoms with E-state index in [1.54, 1.807) is 24.3 Å². The first-order valence-electron chi connectivity index (χ1n) is 6.97. The van der Waals surface area contributed by atoms with Gasteiger partial charge in [0.25, 0.3) is 0 Å². The number of nitrogens with zero attached hydrogens (tertiary/aromatic N) is 1. The van der Waals surface area contributed by atoms with Crippen LogP contribution in [-0.2, 0) is 14.8 Å². The summed E-state index contributed by atoms with van der Waals surface area (Å²) >= 11 is 12.0. The third-order valence-corrected chi connectivity index (χ3v) is 5.24. The molecular weight excluding hydrogens is 371 g/mol. The summed E-state index contributed by atoms with van der Waals surface area (Å²) in [6, 6.07) is 11.8. The molecule has 0 bridgehead atoms. The van der Waals surface area contributed by atoms with Crippen LogP contribution in [0.5, 0.6) is 0 Å². The molecule has 8 heteroatoms. The molecule has 0 atom stereocenters. The van der Waals surface area contributed by atoms with Crippen molar-refractivity contribution in [1.29, 1.82) is 0 Å². The zero-order valence-electron chi connectivity index (χ0n) is 13.1. The lowest BCUT2D eigenvalue weighted by molar-refractivity contribution is -0.114. The second-order valence-electron chi connectivity index (χ2n) is 5.21. The molecule has 2 aromatic carbocycles. The van der Waals surface area contributed by atoms with E-state index in [4.69, 9.17) is 23.2 Å². The lowest BCUT2D eigenvalue weighted by Gasteiger charge is -2.23. The molecule has 0 fully saturated rings. The molecule has 1 N–H and O–H groups in total. The first-order chi connectivity index (χ1) is 11.2. The van der Waals surface area contributed by atoms with Crippen LogP contribution in [0.15, 0.2) is 42.5 Å². The third kappa shape index (κ3) is 4.41. The Morgan fingerprint density at radius 1 is 1.12 bits per heavy atom. The second kappa shape index (κ2) is 7.42. The monoisotopic (exact) mass is 386 g/mol. The fraction of sp³-hybridized carbons (Fsp3) is 0.188. The first kappa shape index (κ1) is 18.6. The largest absolute Gasteiger partial charge is 0.324 e. The van der Waals surface area contributed by atoms with Gasteiger partial charge in [-0.25, -0.2) is 8.42 Å². The molecule has 0 unspecified atom stereocenters. The number of amides is 1. The Morgan fingerprint density at radius 3 is 2.42 bits per heavy atom. The minimum atomic E-state index is -3.73. The molecular formula is C16H16Cl2N2O3S. The highest BCUT2D eigenvalue weighted by molar-refractivity contribution is 7.92. The maximum absolute atomic E-state index is 12.3. The number of anilines is 2. The smallest absolute Gasteiger partial charge is 0.245 e. The van der Waals surface area contributed by atoms with Crippen LogP contribution in [0.4, 0.5) is 11.4 Å². The predicted molar refractivity (Wildman–Crippen MR) is 98.5 cm³/mol. The summed E-state index contributed by atoms with van der Waals surface area (Å²) in [5.74, 6) is -0.481. The number of nitrogens with one attached hydrogen (secondary N) is 1. The van der Waals surface area contributed by atoms with Crippen molar-refractivity contribution in [3.63, 3.8) is 0 Å². The highest BCUT2D eigenvalue weighted by Crippen LogP contribution is 2.33. The van der Waals surface area contributed by atoms with Crippen LogP contribution in [0.2, 0.25) is 10.0 Å². The van der Waals surface area contributed by atoms with E-state index in [0.717, 1.165) is 16.1 Å². The Hall–Kier alpha value is -1.76. The van der Waals surface area contributed by atoms with Crippen LogP contribution < -0.4 is 9.62 Å². The molecule has 0 saturated carbocycles. The Morgan fingerprint density at radius 2 is 1.79 bits per heavy atom. The maximum atomic E-state index is 12.3. The Bertz CT molecular complexity index is 869. The van der Waals surface area contributed by atoms with Crippen molar-refractivity contribution in [2.24, 2.45) is 0 Å². The van der Waals surface area contributed by atoms with Crippen LogP contribution >= 0.6 is 23.2 Å². The Labute approximate surface area is 151 Å². The average Bonchev–Trinajstić information content (AvgIpc) is 2.49. The fourth-order valence-corrected chi connectivity index (χ4v) is 3.41. The number of carbonyl (C=O) groups is 1. The number of benzene rings is 2. The van der Waals surface area contributed by atoms with Crippen molar-refractivity contribution in [2.75, 3.05) is 22.4 Å². The quantitative estimate of drug-likeness (QED) is 0.851. The normalized spacial score (nSPS) is 11.2. The minimum absolute atomic E-state index is 0.0771. The molecule has 0 radical (unpaired) electrons. The molecule has 2 rings (SSSR count). The molecule has 0 saturated heterocycles. The SMILES string of the molecule is Cc1ccccc1NC(=O)CN(c1cccc(Cl)c1Cl)S(C)(=O)=O. The van der Waals surface area contributed by atoms with Crippen molar-refractivity contribution >= 4 is 50.5 Å². The van der Waals surface area contributed by atoms with Gasteiger partial charge in [0.05, 0.1) is 22.0 Å². The molecule has 128 valence electrons. The van der Waals surface area contributed by atoms with E-state index in [1.807, 2.05) is 19.1 Å². The molecule has 0 aliphatic heterocycles. The van der Waals surface area contributed by atoms with E-state index in [0.29, 0.717) is 5.69 Å². The van der Waals surface area contributed by atoms with Crippen LogP contribution in [-0.4, -0.2) is 27.1 Å². The number of sulfonamides is 1. The number of hydrogen-bond donors (Lipinski definition) is 1. The van der Waals surface area contributed by atoms with Gasteiger partial charge < -0.3 is 5.32 Å². The highest BCUT2D eigenvalue weighted by Gasteiger charge is 2.24. The summed E-state index contributed by atoms with van der Waals surface area (Å²) in [6.07, 6.45) is 1.01. The number of halogens is 2. The zero-order chi connectivity index (χ0) is 17.9. The van der Waals surface area contributed by atoms with Gasteiger partial charge >= 0.3 is 0 Å². The number of para-hydroxylation sites is 1. The number of rotatable bonds is 5.